The smallest absolute Gasteiger partial charge is 0.293 e. The van der Waals surface area contributed by atoms with Crippen LogP contribution in [-0.2, 0) is 16.3 Å². The molecule has 2 aliphatic heterocycles. The monoisotopic (exact) mass is 429 g/mol. The molecule has 30 heavy (non-hydrogen) atoms. The molecule has 0 radical (unpaired) electrons. The van der Waals surface area contributed by atoms with Gasteiger partial charge in [0.05, 0.1) is 26.6 Å². The average molecular weight is 429 g/mol. The third kappa shape index (κ3) is 2.86. The third-order valence-corrected chi connectivity index (χ3v) is 5.79. The first-order chi connectivity index (χ1) is 13.7. The molecule has 1 saturated heterocycles. The number of aliphatic hydroxyl groups is 7. The Bertz CT molecular complexity index is 865. The van der Waals surface area contributed by atoms with Crippen LogP contribution in [0.3, 0.4) is 0 Å². The molecular weight excluding hydrogens is 402 g/mol. The predicted molar refractivity (Wildman–Crippen MR) is 98.3 cm³/mol. The maximum absolute atomic E-state index is 12.8. The number of methoxy groups -OCH3 is 2. The summed E-state index contributed by atoms with van der Waals surface area (Å²) in [4.78, 5) is 12.8. The molecule has 0 saturated carbocycles. The molecule has 1 aromatic carbocycles. The van der Waals surface area contributed by atoms with Crippen LogP contribution in [0.15, 0.2) is 12.1 Å². The topological polar surface area (TPSA) is 180 Å². The molecule has 0 aliphatic carbocycles. The number of carbonyl (C=O) groups is 1. The van der Waals surface area contributed by atoms with Crippen molar-refractivity contribution in [3.8, 4) is 11.5 Å². The van der Waals surface area contributed by atoms with Gasteiger partial charge >= 0.3 is 0 Å². The van der Waals surface area contributed by atoms with Crippen LogP contribution in [0.1, 0.15) is 37.8 Å². The van der Waals surface area contributed by atoms with Gasteiger partial charge in [0.15, 0.2) is 17.2 Å². The largest absolute Gasteiger partial charge is 0.493 e. The number of hydrogen-bond acceptors (Lipinski definition) is 11. The van der Waals surface area contributed by atoms with Crippen molar-refractivity contribution in [1.29, 1.82) is 0 Å². The van der Waals surface area contributed by atoms with Gasteiger partial charge in [-0.05, 0) is 24.5 Å². The van der Waals surface area contributed by atoms with E-state index >= 15 is 0 Å². The molecule has 0 amide bonds. The molecule has 3 rings (SSSR count). The van der Waals surface area contributed by atoms with E-state index in [4.69, 9.17) is 9.47 Å². The minimum absolute atomic E-state index is 0.0158. The molecule has 11 nitrogen and oxygen atoms in total. The highest BCUT2D eigenvalue weighted by atomic mass is 16.6. The number of benzene rings is 1. The van der Waals surface area contributed by atoms with Gasteiger partial charge in [-0.3, -0.25) is 4.79 Å². The molecule has 1 fully saturated rings. The minimum Gasteiger partial charge on any atom is -0.493 e. The molecule has 2 aliphatic rings. The highest BCUT2D eigenvalue weighted by Crippen LogP contribution is 2.57. The summed E-state index contributed by atoms with van der Waals surface area (Å²) in [7, 11) is 2.53. The zero-order chi connectivity index (χ0) is 22.9. The zero-order valence-corrected chi connectivity index (χ0v) is 17.0. The Hall–Kier alpha value is -1.83. The second-order valence-electron chi connectivity index (χ2n) is 8.22. The van der Waals surface area contributed by atoms with E-state index in [0.29, 0.717) is 0 Å². The van der Waals surface area contributed by atoms with E-state index in [1.54, 1.807) is 13.8 Å². The Morgan fingerprint density at radius 3 is 1.97 bits per heavy atom. The van der Waals surface area contributed by atoms with Crippen LogP contribution in [0.2, 0.25) is 0 Å². The number of rotatable bonds is 4. The van der Waals surface area contributed by atoms with Gasteiger partial charge in [0.1, 0.15) is 5.78 Å². The summed E-state index contributed by atoms with van der Waals surface area (Å²) < 4.78 is 10.2. The Labute approximate surface area is 172 Å². The van der Waals surface area contributed by atoms with E-state index < -0.39 is 52.6 Å². The summed E-state index contributed by atoms with van der Waals surface area (Å²) in [6.45, 7) is 3.42. The van der Waals surface area contributed by atoms with Gasteiger partial charge in [0, 0.05) is 11.1 Å². The molecule has 0 aromatic heterocycles. The summed E-state index contributed by atoms with van der Waals surface area (Å²) >= 11 is 0. The normalized spacial score (nSPS) is 29.3. The lowest BCUT2D eigenvalue weighted by molar-refractivity contribution is -0.525. The second-order valence-corrected chi connectivity index (χ2v) is 8.22. The van der Waals surface area contributed by atoms with Gasteiger partial charge in [-0.2, -0.15) is 4.90 Å². The first-order valence-corrected chi connectivity index (χ1v) is 9.33. The van der Waals surface area contributed by atoms with Crippen molar-refractivity contribution in [3.63, 3.8) is 0 Å². The highest BCUT2D eigenvalue weighted by Gasteiger charge is 2.74. The van der Waals surface area contributed by atoms with Crippen molar-refractivity contribution in [2.45, 2.75) is 50.0 Å². The van der Waals surface area contributed by atoms with Crippen LogP contribution in [0.4, 0.5) is 0 Å². The number of carbonyl (C=O) groups excluding carboxylic acids is 1. The Kier molecular flexibility index (Phi) is 5.21. The zero-order valence-electron chi connectivity index (χ0n) is 17.0. The van der Waals surface area contributed by atoms with E-state index in [-0.39, 0.29) is 28.7 Å². The second kappa shape index (κ2) is 6.84. The van der Waals surface area contributed by atoms with Crippen LogP contribution in [0, 0.1) is 11.8 Å². The van der Waals surface area contributed by atoms with Crippen molar-refractivity contribution in [3.05, 3.63) is 23.3 Å². The number of hydrogen-bond donors (Lipinski definition) is 7. The maximum atomic E-state index is 12.8. The van der Waals surface area contributed by atoms with Crippen molar-refractivity contribution in [2.24, 2.45) is 11.8 Å². The van der Waals surface area contributed by atoms with Gasteiger partial charge in [0.2, 0.25) is 5.91 Å². The number of ketones is 1. The van der Waals surface area contributed by atoms with E-state index in [9.17, 15) is 40.5 Å². The lowest BCUT2D eigenvalue weighted by Gasteiger charge is -2.61. The van der Waals surface area contributed by atoms with Crippen LogP contribution in [0.5, 0.6) is 11.5 Å². The molecule has 2 unspecified atom stereocenters. The lowest BCUT2D eigenvalue weighted by Crippen LogP contribution is -2.82. The molecule has 0 bridgehead atoms. The highest BCUT2D eigenvalue weighted by molar-refractivity contribution is 5.84. The maximum Gasteiger partial charge on any atom is 0.293 e. The molecule has 2 atom stereocenters. The molecule has 0 spiro atoms. The van der Waals surface area contributed by atoms with Crippen molar-refractivity contribution >= 4 is 5.78 Å². The van der Waals surface area contributed by atoms with E-state index in [1.807, 2.05) is 0 Å². The average Bonchev–Trinajstić information content (AvgIpc) is 2.62. The Morgan fingerprint density at radius 1 is 1.00 bits per heavy atom. The SMILES string of the molecule is COc1cc2c(cc1OC)C(O)(O)C(O)(O)N1C2(O)CC(=O)C(CC(C)C)C1(O)O. The van der Waals surface area contributed by atoms with Crippen LogP contribution < -0.4 is 9.47 Å². The van der Waals surface area contributed by atoms with Crippen molar-refractivity contribution < 1.29 is 50.0 Å². The fourth-order valence-corrected chi connectivity index (χ4v) is 4.39. The standard InChI is InChI=1S/C19H27NO10/c1-9(2)5-12-13(21)8-16(22)10-6-14(29-3)15(30-4)7-11(10)17(23,24)19(27,28)20(16)18(12,25)26/h6-7,9,12,22-28H,5,8H2,1-4H3. The van der Waals surface area contributed by atoms with Crippen molar-refractivity contribution in [2.75, 3.05) is 14.2 Å². The first kappa shape index (κ1) is 22.8. The third-order valence-electron chi connectivity index (χ3n) is 5.79. The quantitative estimate of drug-likeness (QED) is 0.269. The number of ether oxygens (including phenoxy) is 2. The number of piperidine rings is 1. The molecule has 1 aromatic rings. The Balaban J connectivity index is 2.34. The van der Waals surface area contributed by atoms with Gasteiger partial charge in [-0.15, -0.1) is 0 Å². The van der Waals surface area contributed by atoms with Crippen LogP contribution in [-0.4, -0.2) is 72.5 Å². The lowest BCUT2D eigenvalue weighted by atomic mass is 9.72. The van der Waals surface area contributed by atoms with Crippen LogP contribution >= 0.6 is 0 Å². The first-order valence-electron chi connectivity index (χ1n) is 9.33. The molecule has 2 heterocycles. The molecule has 11 heteroatoms. The van der Waals surface area contributed by atoms with E-state index in [0.717, 1.165) is 12.1 Å². The summed E-state index contributed by atoms with van der Waals surface area (Å²) in [6, 6.07) is 2.09. The summed E-state index contributed by atoms with van der Waals surface area (Å²) in [6.07, 6.45) is -0.855. The van der Waals surface area contributed by atoms with Gasteiger partial charge in [-0.25, -0.2) is 0 Å². The number of nitrogens with zero attached hydrogens (tertiary/aromatic N) is 1. The summed E-state index contributed by atoms with van der Waals surface area (Å²) in [5, 5.41) is 75.8. The van der Waals surface area contributed by atoms with Gasteiger partial charge < -0.3 is 45.2 Å². The fraction of sp³-hybridized carbons (Fsp3) is 0.632. The molecule has 7 N–H and O–H groups in total. The minimum atomic E-state index is -3.81. The summed E-state index contributed by atoms with van der Waals surface area (Å²) in [5.74, 6) is -13.2. The van der Waals surface area contributed by atoms with Crippen LogP contribution in [0.25, 0.3) is 0 Å². The number of fused-ring (bicyclic) bond motifs is 3. The number of Topliss-reactive ketones (excluding diaryl/α,β-unsaturated/α-hetero) is 1. The van der Waals surface area contributed by atoms with Gasteiger partial charge in [0.25, 0.3) is 11.7 Å². The summed E-state index contributed by atoms with van der Waals surface area (Å²) in [5.41, 5.74) is -3.73. The van der Waals surface area contributed by atoms with Gasteiger partial charge in [-0.1, -0.05) is 13.8 Å². The van der Waals surface area contributed by atoms with E-state index in [2.05, 4.69) is 0 Å². The Morgan fingerprint density at radius 2 is 1.50 bits per heavy atom. The predicted octanol–water partition coefficient (Wildman–Crippen LogP) is -1.79. The molecule has 168 valence electrons. The molecular formula is C19H27NO10. The van der Waals surface area contributed by atoms with E-state index in [1.165, 1.54) is 14.2 Å². The fourth-order valence-electron chi connectivity index (χ4n) is 4.39. The van der Waals surface area contributed by atoms with Crippen molar-refractivity contribution in [1.82, 2.24) is 4.90 Å².